The maximum absolute atomic E-state index is 2.72. The molecule has 0 spiro atoms. The van der Waals surface area contributed by atoms with Crippen LogP contribution < -0.4 is 0 Å². The first kappa shape index (κ1) is 11.4. The Bertz CT molecular complexity index is 229. The van der Waals surface area contributed by atoms with Crippen molar-refractivity contribution in [2.45, 2.75) is 71.1 Å². The third-order valence-electron chi connectivity index (χ3n) is 4.10. The number of hydrogen-bond acceptors (Lipinski definition) is 2. The first-order chi connectivity index (χ1) is 6.89. The molecular weight excluding hydrogens is 184 g/mol. The van der Waals surface area contributed by atoms with E-state index in [-0.39, 0.29) is 0 Å². The molecule has 3 aliphatic rings. The van der Waals surface area contributed by atoms with Gasteiger partial charge in [0.1, 0.15) is 0 Å². The molecule has 0 aromatic rings. The van der Waals surface area contributed by atoms with Gasteiger partial charge in [0.15, 0.2) is 0 Å². The van der Waals surface area contributed by atoms with Gasteiger partial charge in [-0.3, -0.25) is 9.80 Å². The van der Waals surface area contributed by atoms with E-state index < -0.39 is 0 Å². The fraction of sp³-hybridized carbons (Fsp3) is 1.00. The Balaban J connectivity index is 2.09. The Morgan fingerprint density at radius 1 is 1.00 bits per heavy atom. The van der Waals surface area contributed by atoms with Gasteiger partial charge in [0, 0.05) is 36.8 Å². The lowest BCUT2D eigenvalue weighted by Gasteiger charge is -2.57. The second-order valence-electron chi connectivity index (χ2n) is 6.50. The minimum atomic E-state index is 0.354. The van der Waals surface area contributed by atoms with E-state index in [1.807, 2.05) is 0 Å². The second-order valence-corrected chi connectivity index (χ2v) is 6.50. The van der Waals surface area contributed by atoms with Crippen LogP contribution in [0.1, 0.15) is 47.5 Å². The van der Waals surface area contributed by atoms with Gasteiger partial charge in [0.2, 0.25) is 0 Å². The normalized spacial score (nSPS) is 34.0. The molecule has 0 aromatic carbocycles. The van der Waals surface area contributed by atoms with Gasteiger partial charge in [-0.2, -0.15) is 0 Å². The van der Waals surface area contributed by atoms with Crippen molar-refractivity contribution in [3.05, 3.63) is 0 Å². The Kier molecular flexibility index (Phi) is 2.85. The molecule has 0 N–H and O–H groups in total. The van der Waals surface area contributed by atoms with Gasteiger partial charge in [-0.1, -0.05) is 0 Å². The molecule has 3 rings (SSSR count). The number of hydrogen-bond donors (Lipinski definition) is 0. The molecule has 3 saturated heterocycles. The lowest BCUT2D eigenvalue weighted by Crippen LogP contribution is -2.67. The summed E-state index contributed by atoms with van der Waals surface area (Å²) in [6.45, 7) is 14.3. The maximum atomic E-state index is 2.72. The molecule has 0 amide bonds. The predicted octanol–water partition coefficient (Wildman–Crippen LogP) is 2.34. The second kappa shape index (κ2) is 3.74. The minimum absolute atomic E-state index is 0.354. The van der Waals surface area contributed by atoms with E-state index in [1.165, 1.54) is 25.9 Å². The summed E-state index contributed by atoms with van der Waals surface area (Å²) in [4.78, 5) is 5.43. The molecule has 0 aromatic heterocycles. The van der Waals surface area contributed by atoms with Gasteiger partial charge in [-0.25, -0.2) is 0 Å². The average molecular weight is 210 g/mol. The molecule has 2 nitrogen and oxygen atoms in total. The molecule has 3 fully saturated rings. The lowest BCUT2D eigenvalue weighted by atomic mass is 9.86. The van der Waals surface area contributed by atoms with Gasteiger partial charge < -0.3 is 0 Å². The van der Waals surface area contributed by atoms with Crippen LogP contribution in [0.5, 0.6) is 0 Å². The zero-order valence-corrected chi connectivity index (χ0v) is 11.0. The van der Waals surface area contributed by atoms with Crippen LogP contribution in [0.4, 0.5) is 0 Å². The molecule has 0 radical (unpaired) electrons. The smallest absolute Gasteiger partial charge is 0.0229 e. The molecule has 88 valence electrons. The highest BCUT2D eigenvalue weighted by Gasteiger charge is 2.43. The summed E-state index contributed by atoms with van der Waals surface area (Å²) in [6, 6.07) is 2.34. The van der Waals surface area contributed by atoms with Crippen LogP contribution >= 0.6 is 0 Å². The van der Waals surface area contributed by atoms with Crippen molar-refractivity contribution in [3.8, 4) is 0 Å². The molecule has 2 atom stereocenters. The van der Waals surface area contributed by atoms with Crippen LogP contribution in [0.25, 0.3) is 0 Å². The number of fused-ring (bicyclic) bond motifs is 3. The third kappa shape index (κ3) is 2.07. The van der Waals surface area contributed by atoms with Gasteiger partial charge >= 0.3 is 0 Å². The van der Waals surface area contributed by atoms with E-state index in [0.29, 0.717) is 5.54 Å². The van der Waals surface area contributed by atoms with Gasteiger partial charge in [0.05, 0.1) is 0 Å². The molecule has 0 saturated carbocycles. The topological polar surface area (TPSA) is 6.48 Å². The fourth-order valence-corrected chi connectivity index (χ4v) is 3.32. The summed E-state index contributed by atoms with van der Waals surface area (Å²) in [5.74, 6) is 0. The summed E-state index contributed by atoms with van der Waals surface area (Å²) in [6.07, 6.45) is 2.82. The molecule has 3 aliphatic heterocycles. The fourth-order valence-electron chi connectivity index (χ4n) is 3.32. The Hall–Kier alpha value is -0.0800. The zero-order valence-electron chi connectivity index (χ0n) is 11.0. The number of piperidine rings is 2. The highest BCUT2D eigenvalue weighted by atomic mass is 15.4. The highest BCUT2D eigenvalue weighted by molar-refractivity contribution is 4.99. The molecule has 2 heteroatoms. The monoisotopic (exact) mass is 210 g/mol. The number of piperazine rings is 1. The minimum Gasteiger partial charge on any atom is -0.295 e. The lowest BCUT2D eigenvalue weighted by molar-refractivity contribution is -0.0743. The first-order valence-electron chi connectivity index (χ1n) is 6.42. The van der Waals surface area contributed by atoms with E-state index in [2.05, 4.69) is 44.4 Å². The van der Waals surface area contributed by atoms with Gasteiger partial charge in [-0.15, -0.1) is 0 Å². The SMILES string of the molecule is CC(C)N1CC2CCC1CN2C(C)(C)C. The van der Waals surface area contributed by atoms with E-state index in [1.54, 1.807) is 0 Å². The zero-order chi connectivity index (χ0) is 11.2. The van der Waals surface area contributed by atoms with Crippen molar-refractivity contribution < 1.29 is 0 Å². The van der Waals surface area contributed by atoms with E-state index in [0.717, 1.165) is 18.1 Å². The summed E-state index contributed by atoms with van der Waals surface area (Å²) in [7, 11) is 0. The summed E-state index contributed by atoms with van der Waals surface area (Å²) in [5, 5.41) is 0. The number of rotatable bonds is 1. The Morgan fingerprint density at radius 3 is 2.00 bits per heavy atom. The molecule has 3 heterocycles. The Labute approximate surface area is 94.6 Å². The summed E-state index contributed by atoms with van der Waals surface area (Å²) >= 11 is 0. The van der Waals surface area contributed by atoms with Crippen molar-refractivity contribution in [1.82, 2.24) is 9.80 Å². The van der Waals surface area contributed by atoms with Gasteiger partial charge in [0.25, 0.3) is 0 Å². The van der Waals surface area contributed by atoms with E-state index in [4.69, 9.17) is 0 Å². The van der Waals surface area contributed by atoms with E-state index >= 15 is 0 Å². The molecular formula is C13H26N2. The van der Waals surface area contributed by atoms with Crippen molar-refractivity contribution >= 4 is 0 Å². The molecule has 2 unspecified atom stereocenters. The molecule has 2 bridgehead atoms. The average Bonchev–Trinajstić information content (AvgIpc) is 2.16. The van der Waals surface area contributed by atoms with Crippen molar-refractivity contribution in [3.63, 3.8) is 0 Å². The van der Waals surface area contributed by atoms with Crippen LogP contribution in [-0.4, -0.2) is 46.6 Å². The van der Waals surface area contributed by atoms with E-state index in [9.17, 15) is 0 Å². The third-order valence-corrected chi connectivity index (χ3v) is 4.10. The van der Waals surface area contributed by atoms with Gasteiger partial charge in [-0.05, 0) is 47.5 Å². The summed E-state index contributed by atoms with van der Waals surface area (Å²) < 4.78 is 0. The van der Waals surface area contributed by atoms with Crippen LogP contribution in [0, 0.1) is 0 Å². The first-order valence-corrected chi connectivity index (χ1v) is 6.42. The standard InChI is InChI=1S/C13H26N2/c1-10(2)14-8-12-7-6-11(14)9-15(12)13(3,4)5/h10-12H,6-9H2,1-5H3. The quantitative estimate of drug-likeness (QED) is 0.655. The predicted molar refractivity (Wildman–Crippen MR) is 65.1 cm³/mol. The summed E-state index contributed by atoms with van der Waals surface area (Å²) in [5.41, 5.74) is 0.354. The van der Waals surface area contributed by atoms with Crippen molar-refractivity contribution in [2.24, 2.45) is 0 Å². The van der Waals surface area contributed by atoms with Crippen LogP contribution in [-0.2, 0) is 0 Å². The largest absolute Gasteiger partial charge is 0.295 e. The highest BCUT2D eigenvalue weighted by Crippen LogP contribution is 2.34. The molecule has 0 aliphatic carbocycles. The van der Waals surface area contributed by atoms with Crippen molar-refractivity contribution in [2.75, 3.05) is 13.1 Å². The van der Waals surface area contributed by atoms with Crippen molar-refractivity contribution in [1.29, 1.82) is 0 Å². The molecule has 15 heavy (non-hydrogen) atoms. The van der Waals surface area contributed by atoms with Crippen LogP contribution in [0.2, 0.25) is 0 Å². The van der Waals surface area contributed by atoms with Crippen LogP contribution in [0.15, 0.2) is 0 Å². The van der Waals surface area contributed by atoms with Crippen LogP contribution in [0.3, 0.4) is 0 Å². The number of nitrogens with zero attached hydrogens (tertiary/aromatic N) is 2. The maximum Gasteiger partial charge on any atom is 0.0229 e. The Morgan fingerprint density at radius 2 is 1.60 bits per heavy atom.